The highest BCUT2D eigenvalue weighted by Gasteiger charge is 2.23. The number of anilines is 3. The van der Waals surface area contributed by atoms with Gasteiger partial charge in [-0.1, -0.05) is 13.8 Å². The first kappa shape index (κ1) is 25.1. The third kappa shape index (κ3) is 6.17. The lowest BCUT2D eigenvalue weighted by molar-refractivity contribution is -0.115. The van der Waals surface area contributed by atoms with Crippen LogP contribution in [-0.4, -0.2) is 51.3 Å². The van der Waals surface area contributed by atoms with Gasteiger partial charge in [0.1, 0.15) is 11.6 Å². The highest BCUT2D eigenvalue weighted by Crippen LogP contribution is 2.29. The number of benzene rings is 2. The van der Waals surface area contributed by atoms with Gasteiger partial charge in [0.05, 0.1) is 29.9 Å². The second-order valence-electron chi connectivity index (χ2n) is 6.73. The van der Waals surface area contributed by atoms with Crippen LogP contribution in [0.25, 0.3) is 0 Å². The molecule has 0 fully saturated rings. The van der Waals surface area contributed by atoms with Crippen molar-refractivity contribution < 1.29 is 27.1 Å². The zero-order valence-electron chi connectivity index (χ0n) is 18.4. The molecule has 0 saturated carbocycles. The molecule has 0 heterocycles. The monoisotopic (exact) mass is 466 g/mol. The van der Waals surface area contributed by atoms with Gasteiger partial charge < -0.3 is 20.7 Å². The van der Waals surface area contributed by atoms with Crippen molar-refractivity contribution in [3.8, 4) is 5.75 Å². The van der Waals surface area contributed by atoms with E-state index in [1.165, 1.54) is 48.7 Å². The average molecular weight is 467 g/mol. The van der Waals surface area contributed by atoms with Crippen molar-refractivity contribution in [2.75, 3.05) is 42.7 Å². The van der Waals surface area contributed by atoms with Crippen LogP contribution in [0.2, 0.25) is 0 Å². The summed E-state index contributed by atoms with van der Waals surface area (Å²) in [5.41, 5.74) is 0.597. The summed E-state index contributed by atoms with van der Waals surface area (Å²) >= 11 is 0. The molecule has 32 heavy (non-hydrogen) atoms. The largest absolute Gasteiger partial charge is 0.495 e. The van der Waals surface area contributed by atoms with Gasteiger partial charge in [-0.15, -0.1) is 0 Å². The van der Waals surface area contributed by atoms with Gasteiger partial charge in [0.25, 0.3) is 0 Å². The highest BCUT2D eigenvalue weighted by atomic mass is 32.2. The molecule has 0 unspecified atom stereocenters. The summed E-state index contributed by atoms with van der Waals surface area (Å²) in [5, 5.41) is 7.81. The summed E-state index contributed by atoms with van der Waals surface area (Å²) < 4.78 is 45.8. The minimum absolute atomic E-state index is 0.0149. The van der Waals surface area contributed by atoms with Crippen molar-refractivity contribution in [1.29, 1.82) is 0 Å². The maximum atomic E-state index is 13.8. The van der Waals surface area contributed by atoms with Gasteiger partial charge in [-0.2, -0.15) is 4.31 Å². The Hall–Kier alpha value is -3.18. The van der Waals surface area contributed by atoms with Crippen molar-refractivity contribution in [3.63, 3.8) is 0 Å². The molecule has 0 radical (unpaired) electrons. The van der Waals surface area contributed by atoms with E-state index in [9.17, 15) is 22.4 Å². The van der Waals surface area contributed by atoms with Crippen LogP contribution in [-0.2, 0) is 19.6 Å². The third-order valence-electron chi connectivity index (χ3n) is 4.52. The molecular weight excluding hydrogens is 439 g/mol. The zero-order chi connectivity index (χ0) is 23.9. The normalized spacial score (nSPS) is 11.2. The molecule has 2 amide bonds. The Morgan fingerprint density at radius 2 is 1.72 bits per heavy atom. The van der Waals surface area contributed by atoms with Crippen LogP contribution in [0.15, 0.2) is 41.3 Å². The number of carbonyl (C=O) groups is 2. The Morgan fingerprint density at radius 1 is 1.03 bits per heavy atom. The fraction of sp³-hybridized carbons (Fsp3) is 0.333. The van der Waals surface area contributed by atoms with Gasteiger partial charge in [-0.25, -0.2) is 12.8 Å². The Labute approximate surface area is 187 Å². The SMILES string of the molecule is CCN(CC)S(=O)(=O)c1ccc(OC)c(NC(=O)CNc2ccc(F)c(NC(C)=O)c2)c1. The number of amides is 2. The summed E-state index contributed by atoms with van der Waals surface area (Å²) in [4.78, 5) is 23.7. The van der Waals surface area contributed by atoms with E-state index >= 15 is 0 Å². The van der Waals surface area contributed by atoms with Crippen molar-refractivity contribution >= 4 is 38.9 Å². The Bertz CT molecular complexity index is 1090. The third-order valence-corrected chi connectivity index (χ3v) is 6.56. The van der Waals surface area contributed by atoms with Crippen LogP contribution in [0.5, 0.6) is 5.75 Å². The standard InChI is InChI=1S/C21H27FN4O5S/c1-5-26(6-2)32(29,30)16-8-10-20(31-4)19(12-16)25-21(28)13-23-15-7-9-17(22)18(11-15)24-14(3)27/h7-12,23H,5-6,13H2,1-4H3,(H,24,27)(H,25,28). The molecule has 0 aliphatic rings. The summed E-state index contributed by atoms with van der Waals surface area (Å²) in [5.74, 6) is -1.21. The molecule has 0 atom stereocenters. The minimum atomic E-state index is -3.72. The van der Waals surface area contributed by atoms with Crippen molar-refractivity contribution in [2.24, 2.45) is 0 Å². The maximum Gasteiger partial charge on any atom is 0.243 e. The van der Waals surface area contributed by atoms with Gasteiger partial charge in [0.2, 0.25) is 21.8 Å². The number of nitrogens with one attached hydrogen (secondary N) is 3. The van der Waals surface area contributed by atoms with Crippen molar-refractivity contribution in [2.45, 2.75) is 25.7 Å². The van der Waals surface area contributed by atoms with Crippen LogP contribution in [0.4, 0.5) is 21.5 Å². The predicted octanol–water partition coefficient (Wildman–Crippen LogP) is 2.87. The van der Waals surface area contributed by atoms with Gasteiger partial charge >= 0.3 is 0 Å². The molecule has 2 aromatic rings. The molecule has 11 heteroatoms. The topological polar surface area (TPSA) is 117 Å². The first-order valence-electron chi connectivity index (χ1n) is 9.91. The molecule has 0 aliphatic heterocycles. The van der Waals surface area contributed by atoms with E-state index in [0.717, 1.165) is 6.07 Å². The second kappa shape index (κ2) is 10.9. The fourth-order valence-electron chi connectivity index (χ4n) is 2.96. The van der Waals surface area contributed by atoms with E-state index in [2.05, 4.69) is 16.0 Å². The quantitative estimate of drug-likeness (QED) is 0.496. The number of rotatable bonds is 10. The van der Waals surface area contributed by atoms with Gasteiger partial charge in [0, 0.05) is 25.7 Å². The summed E-state index contributed by atoms with van der Waals surface area (Å²) in [7, 11) is -2.31. The minimum Gasteiger partial charge on any atom is -0.495 e. The molecule has 0 aromatic heterocycles. The molecule has 0 bridgehead atoms. The molecule has 9 nitrogen and oxygen atoms in total. The summed E-state index contributed by atoms with van der Waals surface area (Å²) in [6.45, 7) is 5.18. The van der Waals surface area contributed by atoms with Gasteiger partial charge in [0.15, 0.2) is 0 Å². The van der Waals surface area contributed by atoms with Crippen LogP contribution in [0.1, 0.15) is 20.8 Å². The summed E-state index contributed by atoms with van der Waals surface area (Å²) in [6, 6.07) is 8.18. The van der Waals surface area contributed by atoms with Crippen LogP contribution >= 0.6 is 0 Å². The number of ether oxygens (including phenoxy) is 1. The molecule has 174 valence electrons. The number of hydrogen-bond acceptors (Lipinski definition) is 6. The van der Waals surface area contributed by atoms with E-state index in [1.807, 2.05) is 0 Å². The fourth-order valence-corrected chi connectivity index (χ4v) is 4.44. The predicted molar refractivity (Wildman–Crippen MR) is 121 cm³/mol. The number of methoxy groups -OCH3 is 1. The average Bonchev–Trinajstić information content (AvgIpc) is 2.74. The lowest BCUT2D eigenvalue weighted by atomic mass is 10.2. The Kier molecular flexibility index (Phi) is 8.56. The molecule has 2 aromatic carbocycles. The van der Waals surface area contributed by atoms with Crippen LogP contribution in [0, 0.1) is 5.82 Å². The molecule has 0 saturated heterocycles. The van der Waals surface area contributed by atoms with Crippen LogP contribution in [0.3, 0.4) is 0 Å². The van der Waals surface area contributed by atoms with E-state index < -0.39 is 27.7 Å². The number of hydrogen-bond donors (Lipinski definition) is 3. The zero-order valence-corrected chi connectivity index (χ0v) is 19.2. The smallest absolute Gasteiger partial charge is 0.243 e. The highest BCUT2D eigenvalue weighted by molar-refractivity contribution is 7.89. The Balaban J connectivity index is 2.16. The lowest BCUT2D eigenvalue weighted by Gasteiger charge is -2.19. The Morgan fingerprint density at radius 3 is 2.31 bits per heavy atom. The number of nitrogens with zero attached hydrogens (tertiary/aromatic N) is 1. The van der Waals surface area contributed by atoms with Crippen molar-refractivity contribution in [1.82, 2.24) is 4.31 Å². The van der Waals surface area contributed by atoms with E-state index in [-0.39, 0.29) is 22.8 Å². The number of carbonyl (C=O) groups excluding carboxylic acids is 2. The van der Waals surface area contributed by atoms with E-state index in [4.69, 9.17) is 4.74 Å². The number of sulfonamides is 1. The molecule has 0 aliphatic carbocycles. The molecule has 0 spiro atoms. The van der Waals surface area contributed by atoms with E-state index in [1.54, 1.807) is 13.8 Å². The first-order valence-corrected chi connectivity index (χ1v) is 11.3. The molecular formula is C21H27FN4O5S. The van der Waals surface area contributed by atoms with Gasteiger partial charge in [-0.05, 0) is 36.4 Å². The molecule has 3 N–H and O–H groups in total. The lowest BCUT2D eigenvalue weighted by Crippen LogP contribution is -2.30. The second-order valence-corrected chi connectivity index (χ2v) is 8.67. The van der Waals surface area contributed by atoms with Gasteiger partial charge in [-0.3, -0.25) is 9.59 Å². The maximum absolute atomic E-state index is 13.8. The first-order chi connectivity index (χ1) is 15.1. The molecule has 2 rings (SSSR count). The van der Waals surface area contributed by atoms with Crippen LogP contribution < -0.4 is 20.7 Å². The summed E-state index contributed by atoms with van der Waals surface area (Å²) in [6.07, 6.45) is 0. The number of halogens is 1. The van der Waals surface area contributed by atoms with E-state index in [0.29, 0.717) is 24.5 Å². The van der Waals surface area contributed by atoms with Crippen molar-refractivity contribution in [3.05, 3.63) is 42.2 Å².